The fourth-order valence-corrected chi connectivity index (χ4v) is 3.34. The summed E-state index contributed by atoms with van der Waals surface area (Å²) in [4.78, 5) is 27.2. The number of hydrogen-bond donors (Lipinski definition) is 1. The van der Waals surface area contributed by atoms with E-state index in [9.17, 15) is 9.59 Å². The Morgan fingerprint density at radius 3 is 2.31 bits per heavy atom. The zero-order valence-corrected chi connectivity index (χ0v) is 17.2. The van der Waals surface area contributed by atoms with Crippen molar-refractivity contribution < 1.29 is 14.0 Å². The van der Waals surface area contributed by atoms with E-state index in [-0.39, 0.29) is 17.4 Å². The molecule has 136 valence electrons. The molecule has 2 aromatic rings. The zero-order chi connectivity index (χ0) is 18.5. The van der Waals surface area contributed by atoms with Crippen molar-refractivity contribution in [2.75, 3.05) is 13.1 Å². The first-order chi connectivity index (χ1) is 12.5. The van der Waals surface area contributed by atoms with Gasteiger partial charge in [0.25, 0.3) is 11.8 Å². The standard InChI is InChI=1S/C19H18Br2N2O3/c20-14-6-4-13(5-7-14)12-15(19(25)23-10-2-1-3-11-23)22-18(24)16-8-9-17(21)26-16/h4-9,12H,1-3,10-11H2,(H,22,24). The molecule has 0 atom stereocenters. The molecule has 1 aliphatic heterocycles. The summed E-state index contributed by atoms with van der Waals surface area (Å²) in [7, 11) is 0. The van der Waals surface area contributed by atoms with Gasteiger partial charge in [0.1, 0.15) is 5.70 Å². The molecule has 1 aromatic heterocycles. The van der Waals surface area contributed by atoms with Crippen LogP contribution >= 0.6 is 31.9 Å². The van der Waals surface area contributed by atoms with Crippen LogP contribution < -0.4 is 5.32 Å². The van der Waals surface area contributed by atoms with Crippen molar-refractivity contribution >= 4 is 49.8 Å². The summed E-state index contributed by atoms with van der Waals surface area (Å²) in [6.07, 6.45) is 4.79. The molecule has 26 heavy (non-hydrogen) atoms. The number of likely N-dealkylation sites (tertiary alicyclic amines) is 1. The number of rotatable bonds is 4. The molecule has 1 aliphatic rings. The van der Waals surface area contributed by atoms with Crippen molar-refractivity contribution in [1.29, 1.82) is 0 Å². The van der Waals surface area contributed by atoms with Gasteiger partial charge in [-0.25, -0.2) is 0 Å². The van der Waals surface area contributed by atoms with E-state index in [1.165, 1.54) is 0 Å². The third-order valence-corrected chi connectivity index (χ3v) is 5.05. The fraction of sp³-hybridized carbons (Fsp3) is 0.263. The predicted molar refractivity (Wildman–Crippen MR) is 106 cm³/mol. The van der Waals surface area contributed by atoms with E-state index in [2.05, 4.69) is 37.2 Å². The minimum Gasteiger partial charge on any atom is -0.444 e. The van der Waals surface area contributed by atoms with E-state index in [0.717, 1.165) is 29.3 Å². The predicted octanol–water partition coefficient (Wildman–Crippen LogP) is 4.59. The molecule has 0 aliphatic carbocycles. The van der Waals surface area contributed by atoms with Crippen molar-refractivity contribution in [3.63, 3.8) is 0 Å². The summed E-state index contributed by atoms with van der Waals surface area (Å²) in [6.45, 7) is 1.41. The van der Waals surface area contributed by atoms with Crippen LogP contribution in [0, 0.1) is 0 Å². The minimum atomic E-state index is -0.454. The summed E-state index contributed by atoms with van der Waals surface area (Å²) >= 11 is 6.57. The molecule has 5 nitrogen and oxygen atoms in total. The van der Waals surface area contributed by atoms with Gasteiger partial charge in [0.05, 0.1) is 0 Å². The first kappa shape index (κ1) is 18.9. The maximum absolute atomic E-state index is 12.9. The van der Waals surface area contributed by atoms with Crippen LogP contribution in [-0.4, -0.2) is 29.8 Å². The first-order valence-electron chi connectivity index (χ1n) is 8.36. The number of furan rings is 1. The molecule has 7 heteroatoms. The molecule has 1 saturated heterocycles. The van der Waals surface area contributed by atoms with Crippen LogP contribution in [0.3, 0.4) is 0 Å². The van der Waals surface area contributed by atoms with Crippen LogP contribution in [0.15, 0.2) is 55.7 Å². The van der Waals surface area contributed by atoms with E-state index in [1.54, 1.807) is 23.1 Å². The summed E-state index contributed by atoms with van der Waals surface area (Å²) in [5.41, 5.74) is 1.07. The number of amides is 2. The summed E-state index contributed by atoms with van der Waals surface area (Å²) in [5.74, 6) is -0.485. The molecular formula is C19H18Br2N2O3. The van der Waals surface area contributed by atoms with Gasteiger partial charge in [0.15, 0.2) is 10.4 Å². The Hall–Kier alpha value is -1.86. The molecule has 0 bridgehead atoms. The van der Waals surface area contributed by atoms with Gasteiger partial charge in [-0.2, -0.15) is 0 Å². The molecule has 0 radical (unpaired) electrons. The number of benzene rings is 1. The number of halogens is 2. The van der Waals surface area contributed by atoms with E-state index >= 15 is 0 Å². The van der Waals surface area contributed by atoms with Crippen LogP contribution in [0.25, 0.3) is 6.08 Å². The van der Waals surface area contributed by atoms with Crippen molar-refractivity contribution in [2.45, 2.75) is 19.3 Å². The van der Waals surface area contributed by atoms with E-state index in [1.807, 2.05) is 24.3 Å². The third kappa shape index (κ3) is 4.86. The Balaban J connectivity index is 1.86. The second kappa shape index (κ2) is 8.68. The summed E-state index contributed by atoms with van der Waals surface area (Å²) in [6, 6.07) is 10.7. The van der Waals surface area contributed by atoms with Crippen molar-refractivity contribution in [2.24, 2.45) is 0 Å². The lowest BCUT2D eigenvalue weighted by atomic mass is 10.1. The largest absolute Gasteiger partial charge is 0.444 e. The Kier molecular flexibility index (Phi) is 6.32. The SMILES string of the molecule is O=C(NC(=Cc1ccc(Br)cc1)C(=O)N1CCCCC1)c1ccc(Br)o1. The molecule has 2 amide bonds. The van der Waals surface area contributed by atoms with Crippen molar-refractivity contribution in [3.8, 4) is 0 Å². The first-order valence-corrected chi connectivity index (χ1v) is 9.95. The molecule has 2 heterocycles. The van der Waals surface area contributed by atoms with Crippen LogP contribution in [0.2, 0.25) is 0 Å². The second-order valence-corrected chi connectivity index (χ2v) is 7.72. The van der Waals surface area contributed by atoms with E-state index in [0.29, 0.717) is 17.8 Å². The minimum absolute atomic E-state index is 0.144. The van der Waals surface area contributed by atoms with Gasteiger partial charge < -0.3 is 14.6 Å². The van der Waals surface area contributed by atoms with E-state index in [4.69, 9.17) is 4.42 Å². The van der Waals surface area contributed by atoms with Gasteiger partial charge in [-0.1, -0.05) is 28.1 Å². The fourth-order valence-electron chi connectivity index (χ4n) is 2.76. The number of hydrogen-bond acceptors (Lipinski definition) is 3. The molecule has 1 N–H and O–H groups in total. The Labute approximate surface area is 168 Å². The van der Waals surface area contributed by atoms with Gasteiger partial charge in [-0.3, -0.25) is 9.59 Å². The van der Waals surface area contributed by atoms with Crippen LogP contribution in [0.4, 0.5) is 0 Å². The number of nitrogens with one attached hydrogen (secondary N) is 1. The monoisotopic (exact) mass is 480 g/mol. The average molecular weight is 482 g/mol. The van der Waals surface area contributed by atoms with Gasteiger partial charge in [-0.05, 0) is 71.1 Å². The molecule has 1 fully saturated rings. The molecule has 0 spiro atoms. The van der Waals surface area contributed by atoms with Crippen molar-refractivity contribution in [3.05, 3.63) is 62.6 Å². The van der Waals surface area contributed by atoms with Crippen LogP contribution in [0.1, 0.15) is 35.4 Å². The average Bonchev–Trinajstić information content (AvgIpc) is 3.09. The van der Waals surface area contributed by atoms with Gasteiger partial charge >= 0.3 is 0 Å². The van der Waals surface area contributed by atoms with Crippen LogP contribution in [0.5, 0.6) is 0 Å². The normalized spacial score (nSPS) is 15.0. The maximum Gasteiger partial charge on any atom is 0.291 e. The third-order valence-electron chi connectivity index (χ3n) is 4.10. The number of piperidine rings is 1. The highest BCUT2D eigenvalue weighted by atomic mass is 79.9. The number of carbonyl (C=O) groups is 2. The highest BCUT2D eigenvalue weighted by Crippen LogP contribution is 2.18. The number of carbonyl (C=O) groups excluding carboxylic acids is 2. The van der Waals surface area contributed by atoms with Gasteiger partial charge in [-0.15, -0.1) is 0 Å². The maximum atomic E-state index is 12.9. The molecular weight excluding hydrogens is 464 g/mol. The highest BCUT2D eigenvalue weighted by molar-refractivity contribution is 9.10. The highest BCUT2D eigenvalue weighted by Gasteiger charge is 2.23. The number of nitrogens with zero attached hydrogens (tertiary/aromatic N) is 1. The summed E-state index contributed by atoms with van der Waals surface area (Å²) in [5, 5.41) is 2.71. The second-order valence-electron chi connectivity index (χ2n) is 6.02. The Morgan fingerprint density at radius 1 is 1.00 bits per heavy atom. The molecule has 0 unspecified atom stereocenters. The quantitative estimate of drug-likeness (QED) is 0.649. The van der Waals surface area contributed by atoms with E-state index < -0.39 is 5.91 Å². The van der Waals surface area contributed by atoms with Gasteiger partial charge in [0, 0.05) is 17.6 Å². The Bertz CT molecular complexity index is 822. The lowest BCUT2D eigenvalue weighted by Gasteiger charge is -2.27. The molecule has 3 rings (SSSR count). The molecule has 0 saturated carbocycles. The zero-order valence-electron chi connectivity index (χ0n) is 14.0. The lowest BCUT2D eigenvalue weighted by molar-refractivity contribution is -0.128. The van der Waals surface area contributed by atoms with Crippen LogP contribution in [-0.2, 0) is 4.79 Å². The Morgan fingerprint density at radius 2 is 1.69 bits per heavy atom. The van der Waals surface area contributed by atoms with Crippen molar-refractivity contribution in [1.82, 2.24) is 10.2 Å². The molecule has 1 aromatic carbocycles. The van der Waals surface area contributed by atoms with Gasteiger partial charge in [0.2, 0.25) is 0 Å². The summed E-state index contributed by atoms with van der Waals surface area (Å²) < 4.78 is 6.69. The topological polar surface area (TPSA) is 62.6 Å². The lowest BCUT2D eigenvalue weighted by Crippen LogP contribution is -2.41. The smallest absolute Gasteiger partial charge is 0.291 e.